The molecule has 1 aliphatic carbocycles. The Morgan fingerprint density at radius 1 is 1.21 bits per heavy atom. The molecule has 0 radical (unpaired) electrons. The van der Waals surface area contributed by atoms with Gasteiger partial charge in [0, 0.05) is 32.1 Å². The molecule has 4 rings (SSSR count). The van der Waals surface area contributed by atoms with Crippen LogP contribution in [0.2, 0.25) is 0 Å². The summed E-state index contributed by atoms with van der Waals surface area (Å²) in [7, 11) is 0. The lowest BCUT2D eigenvalue weighted by Gasteiger charge is -2.30. The maximum absolute atomic E-state index is 13.5. The van der Waals surface area contributed by atoms with Crippen LogP contribution in [-0.4, -0.2) is 55.2 Å². The first-order valence-electron chi connectivity index (χ1n) is 11.1. The average Bonchev–Trinajstić information content (AvgIpc) is 3.16. The number of thiazole rings is 1. The van der Waals surface area contributed by atoms with Gasteiger partial charge in [-0.3, -0.25) is 14.6 Å². The highest BCUT2D eigenvalue weighted by Gasteiger charge is 2.29. The maximum Gasteiger partial charge on any atom is 0.231 e. The molecule has 0 spiro atoms. The Bertz CT molecular complexity index is 838. The molecule has 2 fully saturated rings. The van der Waals surface area contributed by atoms with Gasteiger partial charge in [-0.05, 0) is 50.3 Å². The molecule has 1 aromatic carbocycles. The van der Waals surface area contributed by atoms with Crippen molar-refractivity contribution in [1.82, 2.24) is 9.88 Å². The summed E-state index contributed by atoms with van der Waals surface area (Å²) in [5, 5.41) is 0.881. The third-order valence-electron chi connectivity index (χ3n) is 6.22. The van der Waals surface area contributed by atoms with E-state index in [0.717, 1.165) is 69.3 Å². The average molecular weight is 416 g/mol. The number of aromatic nitrogens is 1. The number of carbonyl (C=O) groups is 1. The van der Waals surface area contributed by atoms with Gasteiger partial charge < -0.3 is 4.74 Å². The summed E-state index contributed by atoms with van der Waals surface area (Å²) < 4.78 is 6.66. The van der Waals surface area contributed by atoms with Crippen LogP contribution in [0.25, 0.3) is 10.2 Å². The van der Waals surface area contributed by atoms with Crippen LogP contribution in [0.15, 0.2) is 12.1 Å². The number of nitrogens with zero attached hydrogens (tertiary/aromatic N) is 3. The lowest BCUT2D eigenvalue weighted by atomic mass is 9.88. The summed E-state index contributed by atoms with van der Waals surface area (Å²) in [6.45, 7) is 9.65. The van der Waals surface area contributed by atoms with Crippen molar-refractivity contribution in [3.8, 4) is 0 Å². The summed E-state index contributed by atoms with van der Waals surface area (Å²) in [5.74, 6) is 0.460. The van der Waals surface area contributed by atoms with E-state index >= 15 is 0 Å². The molecule has 1 saturated heterocycles. The maximum atomic E-state index is 13.5. The van der Waals surface area contributed by atoms with Crippen LogP contribution >= 0.6 is 11.3 Å². The van der Waals surface area contributed by atoms with Crippen molar-refractivity contribution < 1.29 is 9.53 Å². The second kappa shape index (κ2) is 9.54. The van der Waals surface area contributed by atoms with E-state index in [1.807, 2.05) is 4.90 Å². The molecule has 1 amide bonds. The number of aryl methyl sites for hydroxylation is 2. The normalized spacial score (nSPS) is 19.0. The summed E-state index contributed by atoms with van der Waals surface area (Å²) >= 11 is 1.68. The molecule has 2 heterocycles. The van der Waals surface area contributed by atoms with Crippen LogP contribution in [0.3, 0.4) is 0 Å². The van der Waals surface area contributed by atoms with E-state index in [2.05, 4.69) is 30.9 Å². The number of rotatable bonds is 6. The molecular formula is C23H33N3O2S. The fraction of sp³-hybridized carbons (Fsp3) is 0.652. The monoisotopic (exact) mass is 415 g/mol. The summed E-state index contributed by atoms with van der Waals surface area (Å²) in [6, 6.07) is 4.34. The highest BCUT2D eigenvalue weighted by molar-refractivity contribution is 7.22. The van der Waals surface area contributed by atoms with E-state index in [1.54, 1.807) is 11.3 Å². The number of anilines is 1. The van der Waals surface area contributed by atoms with Crippen molar-refractivity contribution in [2.24, 2.45) is 5.92 Å². The topological polar surface area (TPSA) is 45.7 Å². The van der Waals surface area contributed by atoms with Crippen LogP contribution in [0.4, 0.5) is 5.13 Å². The molecule has 158 valence electrons. The van der Waals surface area contributed by atoms with Gasteiger partial charge in [-0.2, -0.15) is 0 Å². The summed E-state index contributed by atoms with van der Waals surface area (Å²) in [6.07, 6.45) is 6.66. The molecule has 1 aromatic heterocycles. The van der Waals surface area contributed by atoms with Gasteiger partial charge in [0.2, 0.25) is 5.91 Å². The summed E-state index contributed by atoms with van der Waals surface area (Å²) in [5.41, 5.74) is 3.50. The van der Waals surface area contributed by atoms with Crippen LogP contribution in [-0.2, 0) is 9.53 Å². The minimum absolute atomic E-state index is 0.169. The Labute approximate surface area is 178 Å². The predicted octanol–water partition coefficient (Wildman–Crippen LogP) is 4.55. The standard InChI is InChI=1S/C23H33N3O2S/c1-17-15-18(2)21-20(16-17)24-23(29-21)26(22(27)19-7-4-3-5-8-19)10-6-9-25-11-13-28-14-12-25/h15-16,19H,3-14H2,1-2H3. The second-order valence-corrected chi connectivity index (χ2v) is 9.54. The fourth-order valence-corrected chi connectivity index (χ4v) is 5.67. The third-order valence-corrected chi connectivity index (χ3v) is 7.45. The van der Waals surface area contributed by atoms with Crippen molar-refractivity contribution >= 4 is 32.6 Å². The number of ether oxygens (including phenoxy) is 1. The molecule has 5 nitrogen and oxygen atoms in total. The minimum atomic E-state index is 0.169. The van der Waals surface area contributed by atoms with E-state index in [9.17, 15) is 4.79 Å². The molecular weight excluding hydrogens is 382 g/mol. The zero-order valence-corrected chi connectivity index (χ0v) is 18.6. The van der Waals surface area contributed by atoms with Gasteiger partial charge in [0.05, 0.1) is 23.4 Å². The van der Waals surface area contributed by atoms with Gasteiger partial charge >= 0.3 is 0 Å². The van der Waals surface area contributed by atoms with Crippen molar-refractivity contribution in [2.75, 3.05) is 44.3 Å². The van der Waals surface area contributed by atoms with Crippen molar-refractivity contribution in [3.05, 3.63) is 23.3 Å². The van der Waals surface area contributed by atoms with Gasteiger partial charge in [0.1, 0.15) is 0 Å². The molecule has 1 saturated carbocycles. The third kappa shape index (κ3) is 4.98. The van der Waals surface area contributed by atoms with E-state index in [-0.39, 0.29) is 5.92 Å². The van der Waals surface area contributed by atoms with Crippen molar-refractivity contribution in [3.63, 3.8) is 0 Å². The van der Waals surface area contributed by atoms with E-state index in [4.69, 9.17) is 9.72 Å². The smallest absolute Gasteiger partial charge is 0.231 e. The highest BCUT2D eigenvalue weighted by Crippen LogP contribution is 2.34. The molecule has 29 heavy (non-hydrogen) atoms. The Morgan fingerprint density at radius 3 is 2.72 bits per heavy atom. The number of hydrogen-bond acceptors (Lipinski definition) is 5. The molecule has 2 aliphatic rings. The minimum Gasteiger partial charge on any atom is -0.379 e. The Balaban J connectivity index is 1.53. The molecule has 6 heteroatoms. The van der Waals surface area contributed by atoms with Crippen molar-refractivity contribution in [2.45, 2.75) is 52.4 Å². The number of hydrogen-bond donors (Lipinski definition) is 0. The lowest BCUT2D eigenvalue weighted by molar-refractivity contribution is -0.123. The predicted molar refractivity (Wildman–Crippen MR) is 120 cm³/mol. The lowest BCUT2D eigenvalue weighted by Crippen LogP contribution is -2.41. The molecule has 0 N–H and O–H groups in total. The first-order valence-corrected chi connectivity index (χ1v) is 11.9. The Hall–Kier alpha value is -1.50. The van der Waals surface area contributed by atoms with E-state index in [0.29, 0.717) is 5.91 Å². The molecule has 0 unspecified atom stereocenters. The summed E-state index contributed by atoms with van der Waals surface area (Å²) in [4.78, 5) is 22.8. The first kappa shape index (κ1) is 20.8. The van der Waals surface area contributed by atoms with Gasteiger partial charge in [0.25, 0.3) is 0 Å². The molecule has 2 aromatic rings. The van der Waals surface area contributed by atoms with E-state index in [1.165, 1.54) is 35.1 Å². The zero-order chi connectivity index (χ0) is 20.2. The van der Waals surface area contributed by atoms with Crippen LogP contribution in [0, 0.1) is 19.8 Å². The van der Waals surface area contributed by atoms with Gasteiger partial charge in [0.15, 0.2) is 5.13 Å². The molecule has 0 atom stereocenters. The van der Waals surface area contributed by atoms with Crippen LogP contribution in [0.5, 0.6) is 0 Å². The number of fused-ring (bicyclic) bond motifs is 1. The number of carbonyl (C=O) groups excluding carboxylic acids is 1. The van der Waals surface area contributed by atoms with Gasteiger partial charge in [-0.1, -0.05) is 36.7 Å². The van der Waals surface area contributed by atoms with E-state index < -0.39 is 0 Å². The Kier molecular flexibility index (Phi) is 6.83. The number of morpholine rings is 1. The fourth-order valence-electron chi connectivity index (χ4n) is 4.63. The number of amides is 1. The second-order valence-electron chi connectivity index (χ2n) is 8.56. The van der Waals surface area contributed by atoms with Gasteiger partial charge in [-0.25, -0.2) is 4.98 Å². The largest absolute Gasteiger partial charge is 0.379 e. The first-order chi connectivity index (χ1) is 14.1. The van der Waals surface area contributed by atoms with Crippen LogP contribution in [0.1, 0.15) is 49.7 Å². The van der Waals surface area contributed by atoms with Gasteiger partial charge in [-0.15, -0.1) is 0 Å². The Morgan fingerprint density at radius 2 is 1.97 bits per heavy atom. The molecule has 1 aliphatic heterocycles. The SMILES string of the molecule is Cc1cc(C)c2sc(N(CCCN3CCOCC3)C(=O)C3CCCCC3)nc2c1. The number of benzene rings is 1. The molecule has 0 bridgehead atoms. The zero-order valence-electron chi connectivity index (χ0n) is 17.8. The van der Waals surface area contributed by atoms with Crippen LogP contribution < -0.4 is 4.90 Å². The highest BCUT2D eigenvalue weighted by atomic mass is 32.1. The quantitative estimate of drug-likeness (QED) is 0.694. The van der Waals surface area contributed by atoms with Crippen molar-refractivity contribution in [1.29, 1.82) is 0 Å².